The summed E-state index contributed by atoms with van der Waals surface area (Å²) < 4.78 is 5.53. The number of amides is 2. The van der Waals surface area contributed by atoms with Gasteiger partial charge in [-0.15, -0.1) is 11.3 Å². The number of rotatable bonds is 5. The molecule has 0 saturated carbocycles. The van der Waals surface area contributed by atoms with Crippen LogP contribution in [0.25, 0.3) is 0 Å². The van der Waals surface area contributed by atoms with Gasteiger partial charge in [-0.25, -0.2) is 0 Å². The first kappa shape index (κ1) is 18.0. The van der Waals surface area contributed by atoms with Crippen molar-refractivity contribution in [2.24, 2.45) is 0 Å². The average Bonchev–Trinajstić information content (AvgIpc) is 2.98. The van der Waals surface area contributed by atoms with Crippen molar-refractivity contribution in [1.82, 2.24) is 4.90 Å². The molecule has 0 radical (unpaired) electrons. The van der Waals surface area contributed by atoms with Crippen molar-refractivity contribution in [3.63, 3.8) is 0 Å². The molecular weight excluding hydrogens is 350 g/mol. The first-order valence-electron chi connectivity index (χ1n) is 8.36. The van der Waals surface area contributed by atoms with Gasteiger partial charge < -0.3 is 15.0 Å². The molecule has 1 N–H and O–H groups in total. The molecule has 3 rings (SSSR count). The molecule has 1 aromatic carbocycles. The summed E-state index contributed by atoms with van der Waals surface area (Å²) >= 11 is 1.38. The van der Waals surface area contributed by atoms with Gasteiger partial charge >= 0.3 is 0 Å². The third-order valence-electron chi connectivity index (χ3n) is 4.21. The van der Waals surface area contributed by atoms with Gasteiger partial charge in [-0.3, -0.25) is 9.59 Å². The summed E-state index contributed by atoms with van der Waals surface area (Å²) in [6.45, 7) is 2.91. The molecule has 0 saturated heterocycles. The Kier molecular flexibility index (Phi) is 5.54. The summed E-state index contributed by atoms with van der Waals surface area (Å²) in [6, 6.07) is 11.5. The van der Waals surface area contributed by atoms with Crippen LogP contribution in [0, 0.1) is 11.3 Å². The van der Waals surface area contributed by atoms with E-state index in [4.69, 9.17) is 4.74 Å². The van der Waals surface area contributed by atoms with E-state index in [1.165, 1.54) is 11.3 Å². The summed E-state index contributed by atoms with van der Waals surface area (Å²) in [5, 5.41) is 12.9. The Balaban J connectivity index is 1.62. The first-order chi connectivity index (χ1) is 12.6. The zero-order chi connectivity index (χ0) is 18.5. The van der Waals surface area contributed by atoms with Crippen molar-refractivity contribution >= 4 is 28.2 Å². The molecule has 134 valence electrons. The Labute approximate surface area is 156 Å². The predicted octanol–water partition coefficient (Wildman–Crippen LogP) is 2.93. The fourth-order valence-corrected chi connectivity index (χ4v) is 4.08. The number of nitrogens with one attached hydrogen (secondary N) is 1. The predicted molar refractivity (Wildman–Crippen MR) is 99.0 cm³/mol. The van der Waals surface area contributed by atoms with E-state index in [0.29, 0.717) is 35.8 Å². The van der Waals surface area contributed by atoms with Crippen LogP contribution in [0.4, 0.5) is 5.00 Å². The molecule has 1 aromatic heterocycles. The van der Waals surface area contributed by atoms with Crippen molar-refractivity contribution in [2.75, 3.05) is 18.5 Å². The van der Waals surface area contributed by atoms with E-state index in [-0.39, 0.29) is 24.8 Å². The number of fused-ring (bicyclic) bond motifs is 1. The lowest BCUT2D eigenvalue weighted by Gasteiger charge is -2.25. The number of anilines is 1. The van der Waals surface area contributed by atoms with Crippen molar-refractivity contribution in [2.45, 2.75) is 26.3 Å². The molecular formula is C19H19N3O3S. The largest absolute Gasteiger partial charge is 0.493 e. The van der Waals surface area contributed by atoms with Crippen molar-refractivity contribution in [1.29, 1.82) is 5.26 Å². The Morgan fingerprint density at radius 3 is 2.81 bits per heavy atom. The number of thiophene rings is 1. The third-order valence-corrected chi connectivity index (χ3v) is 5.34. The highest BCUT2D eigenvalue weighted by Gasteiger charge is 2.26. The Morgan fingerprint density at radius 1 is 1.35 bits per heavy atom. The summed E-state index contributed by atoms with van der Waals surface area (Å²) in [6.07, 6.45) is 0.837. The quantitative estimate of drug-likeness (QED) is 0.878. The van der Waals surface area contributed by atoms with E-state index in [1.54, 1.807) is 11.8 Å². The van der Waals surface area contributed by atoms with Gasteiger partial charge in [0.05, 0.1) is 25.1 Å². The zero-order valence-corrected chi connectivity index (χ0v) is 15.3. The van der Waals surface area contributed by atoms with Gasteiger partial charge in [0.2, 0.25) is 11.8 Å². The number of hydrogen-bond acceptors (Lipinski definition) is 5. The molecule has 0 bridgehead atoms. The van der Waals surface area contributed by atoms with Gasteiger partial charge in [-0.05, 0) is 24.1 Å². The van der Waals surface area contributed by atoms with Crippen LogP contribution in [0.2, 0.25) is 0 Å². The molecule has 1 aliphatic rings. The number of nitrogens with zero attached hydrogens (tertiary/aromatic N) is 2. The van der Waals surface area contributed by atoms with E-state index in [0.717, 1.165) is 10.4 Å². The molecule has 2 amide bonds. The monoisotopic (exact) mass is 369 g/mol. The minimum Gasteiger partial charge on any atom is -0.493 e. The van der Waals surface area contributed by atoms with Gasteiger partial charge in [0.15, 0.2) is 0 Å². The molecule has 0 unspecified atom stereocenters. The highest BCUT2D eigenvalue weighted by molar-refractivity contribution is 7.16. The molecule has 6 nitrogen and oxygen atoms in total. The molecule has 0 fully saturated rings. The molecule has 0 aliphatic carbocycles. The maximum atomic E-state index is 12.2. The number of carbonyl (C=O) groups is 2. The number of benzene rings is 1. The van der Waals surface area contributed by atoms with Crippen molar-refractivity contribution < 1.29 is 14.3 Å². The maximum Gasteiger partial charge on any atom is 0.228 e. The van der Waals surface area contributed by atoms with Gasteiger partial charge in [-0.1, -0.05) is 18.2 Å². The van der Waals surface area contributed by atoms with Crippen LogP contribution in [0.3, 0.4) is 0 Å². The smallest absolute Gasteiger partial charge is 0.228 e. The van der Waals surface area contributed by atoms with Gasteiger partial charge in [0.25, 0.3) is 0 Å². The van der Waals surface area contributed by atoms with Crippen LogP contribution < -0.4 is 10.1 Å². The Hall–Kier alpha value is -2.85. The van der Waals surface area contributed by atoms with Crippen molar-refractivity contribution in [3.05, 3.63) is 46.3 Å². The molecule has 26 heavy (non-hydrogen) atoms. The molecule has 1 aliphatic heterocycles. The van der Waals surface area contributed by atoms with Crippen LogP contribution in [0.15, 0.2) is 30.3 Å². The second-order valence-electron chi connectivity index (χ2n) is 5.97. The van der Waals surface area contributed by atoms with Gasteiger partial charge in [0.1, 0.15) is 16.8 Å². The van der Waals surface area contributed by atoms with E-state index < -0.39 is 0 Å². The van der Waals surface area contributed by atoms with Crippen molar-refractivity contribution in [3.8, 4) is 11.8 Å². The van der Waals surface area contributed by atoms with Crippen LogP contribution in [-0.2, 0) is 22.6 Å². The van der Waals surface area contributed by atoms with Crippen LogP contribution >= 0.6 is 11.3 Å². The summed E-state index contributed by atoms with van der Waals surface area (Å²) in [4.78, 5) is 26.5. The number of ether oxygens (including phenoxy) is 1. The van der Waals surface area contributed by atoms with Crippen LogP contribution in [-0.4, -0.2) is 29.9 Å². The number of carbonyl (C=O) groups excluding carboxylic acids is 2. The number of hydrogen-bond donors (Lipinski definition) is 1. The fourth-order valence-electron chi connectivity index (χ4n) is 2.85. The van der Waals surface area contributed by atoms with E-state index in [2.05, 4.69) is 11.4 Å². The summed E-state index contributed by atoms with van der Waals surface area (Å²) in [5.74, 6) is 0.541. The SMILES string of the molecule is CC(=O)N1CCc2c(sc(NC(=O)CCOc3ccccc3)c2C#N)C1. The Morgan fingerprint density at radius 2 is 2.12 bits per heavy atom. The standard InChI is InChI=1S/C19H19N3O3S/c1-13(23)22-9-7-15-16(11-20)19(26-17(15)12-22)21-18(24)8-10-25-14-5-3-2-4-6-14/h2-6H,7-10,12H2,1H3,(H,21,24). The van der Waals surface area contributed by atoms with Crippen LogP contribution in [0.5, 0.6) is 5.75 Å². The highest BCUT2D eigenvalue weighted by Crippen LogP contribution is 2.36. The summed E-state index contributed by atoms with van der Waals surface area (Å²) in [7, 11) is 0. The van der Waals surface area contributed by atoms with Gasteiger partial charge in [0, 0.05) is 18.3 Å². The third kappa shape index (κ3) is 4.03. The highest BCUT2D eigenvalue weighted by atomic mass is 32.1. The molecule has 2 heterocycles. The number of para-hydroxylation sites is 1. The van der Waals surface area contributed by atoms with Gasteiger partial charge in [-0.2, -0.15) is 5.26 Å². The molecule has 2 aromatic rings. The molecule has 0 spiro atoms. The van der Waals surface area contributed by atoms with E-state index >= 15 is 0 Å². The number of nitriles is 1. The first-order valence-corrected chi connectivity index (χ1v) is 9.18. The normalized spacial score (nSPS) is 12.8. The minimum atomic E-state index is -0.195. The zero-order valence-electron chi connectivity index (χ0n) is 14.4. The lowest BCUT2D eigenvalue weighted by molar-refractivity contribution is -0.129. The lowest BCUT2D eigenvalue weighted by Crippen LogP contribution is -2.33. The second-order valence-corrected chi connectivity index (χ2v) is 7.08. The fraction of sp³-hybridized carbons (Fsp3) is 0.316. The molecule has 0 atom stereocenters. The summed E-state index contributed by atoms with van der Waals surface area (Å²) in [5.41, 5.74) is 1.47. The maximum absolute atomic E-state index is 12.2. The Bertz CT molecular complexity index is 855. The average molecular weight is 369 g/mol. The molecule has 7 heteroatoms. The minimum absolute atomic E-state index is 0.0196. The van der Waals surface area contributed by atoms with E-state index in [1.807, 2.05) is 30.3 Å². The second kappa shape index (κ2) is 8.02. The topological polar surface area (TPSA) is 82.4 Å². The van der Waals surface area contributed by atoms with Crippen LogP contribution in [0.1, 0.15) is 29.3 Å². The lowest BCUT2D eigenvalue weighted by atomic mass is 10.0. The van der Waals surface area contributed by atoms with E-state index in [9.17, 15) is 14.9 Å².